The van der Waals surface area contributed by atoms with Gasteiger partial charge in [0.2, 0.25) is 5.91 Å². The number of amides is 3. The Kier molecular flexibility index (Phi) is 3.46. The first kappa shape index (κ1) is 11.0. The maximum absolute atomic E-state index is 11.6. The van der Waals surface area contributed by atoms with Gasteiger partial charge in [0, 0.05) is 20.6 Å². The molecule has 2 N–H and O–H groups in total. The lowest BCUT2D eigenvalue weighted by Gasteiger charge is -2.24. The third-order valence-electron chi connectivity index (χ3n) is 2.34. The van der Waals surface area contributed by atoms with Crippen LogP contribution in [-0.4, -0.2) is 48.4 Å². The van der Waals surface area contributed by atoms with Crippen molar-refractivity contribution in [3.63, 3.8) is 0 Å². The fourth-order valence-corrected chi connectivity index (χ4v) is 1.50. The summed E-state index contributed by atoms with van der Waals surface area (Å²) < 4.78 is 0. The van der Waals surface area contributed by atoms with Crippen molar-refractivity contribution in [2.24, 2.45) is 5.73 Å². The van der Waals surface area contributed by atoms with Crippen molar-refractivity contribution in [3.05, 3.63) is 0 Å². The molecule has 1 aliphatic rings. The molecule has 3 amide bonds. The van der Waals surface area contributed by atoms with Crippen LogP contribution in [0.3, 0.4) is 0 Å². The Labute approximate surface area is 83.8 Å². The first-order chi connectivity index (χ1) is 6.54. The van der Waals surface area contributed by atoms with Gasteiger partial charge >= 0.3 is 6.03 Å². The molecule has 1 fully saturated rings. The molecule has 0 aromatic carbocycles. The van der Waals surface area contributed by atoms with Crippen molar-refractivity contribution >= 4 is 11.9 Å². The van der Waals surface area contributed by atoms with Crippen molar-refractivity contribution in [2.45, 2.75) is 25.3 Å². The van der Waals surface area contributed by atoms with Crippen LogP contribution in [0.15, 0.2) is 0 Å². The summed E-state index contributed by atoms with van der Waals surface area (Å²) in [6, 6.07) is -0.784. The van der Waals surface area contributed by atoms with E-state index in [0.29, 0.717) is 13.0 Å². The van der Waals surface area contributed by atoms with Gasteiger partial charge in [-0.05, 0) is 19.3 Å². The highest BCUT2D eigenvalue weighted by molar-refractivity contribution is 5.97. The van der Waals surface area contributed by atoms with Crippen molar-refractivity contribution in [1.82, 2.24) is 9.80 Å². The van der Waals surface area contributed by atoms with Crippen LogP contribution in [0.2, 0.25) is 0 Å². The van der Waals surface area contributed by atoms with Crippen LogP contribution >= 0.6 is 0 Å². The number of imide groups is 1. The van der Waals surface area contributed by atoms with Crippen molar-refractivity contribution in [2.75, 3.05) is 20.6 Å². The Morgan fingerprint density at radius 2 is 2.14 bits per heavy atom. The van der Waals surface area contributed by atoms with E-state index in [-0.39, 0.29) is 11.9 Å². The van der Waals surface area contributed by atoms with Crippen LogP contribution in [0.5, 0.6) is 0 Å². The minimum atomic E-state index is -0.513. The molecule has 80 valence electrons. The molecule has 0 radical (unpaired) electrons. The second-order valence-corrected chi connectivity index (χ2v) is 3.77. The predicted molar refractivity (Wildman–Crippen MR) is 52.6 cm³/mol. The molecule has 5 heteroatoms. The van der Waals surface area contributed by atoms with E-state index in [1.54, 1.807) is 14.1 Å². The van der Waals surface area contributed by atoms with Gasteiger partial charge in [-0.3, -0.25) is 9.69 Å². The van der Waals surface area contributed by atoms with E-state index in [2.05, 4.69) is 0 Å². The molecule has 1 aliphatic heterocycles. The van der Waals surface area contributed by atoms with E-state index < -0.39 is 6.04 Å². The molecule has 0 unspecified atom stereocenters. The molecule has 0 aliphatic carbocycles. The third kappa shape index (κ3) is 2.23. The van der Waals surface area contributed by atoms with Crippen LogP contribution in [0.4, 0.5) is 4.79 Å². The number of rotatable bonds is 0. The average Bonchev–Trinajstić information content (AvgIpc) is 2.29. The van der Waals surface area contributed by atoms with Gasteiger partial charge in [0.15, 0.2) is 0 Å². The van der Waals surface area contributed by atoms with E-state index in [0.717, 1.165) is 12.8 Å². The zero-order valence-electron chi connectivity index (χ0n) is 8.69. The summed E-state index contributed by atoms with van der Waals surface area (Å²) in [6.07, 6.45) is 2.43. The van der Waals surface area contributed by atoms with Gasteiger partial charge in [-0.1, -0.05) is 0 Å². The van der Waals surface area contributed by atoms with E-state index in [1.807, 2.05) is 0 Å². The largest absolute Gasteiger partial charge is 0.330 e. The Morgan fingerprint density at radius 3 is 2.71 bits per heavy atom. The lowest BCUT2D eigenvalue weighted by molar-refractivity contribution is -0.129. The molecular formula is C9H17N3O2. The number of likely N-dealkylation sites (tertiary alicyclic amines) is 1. The van der Waals surface area contributed by atoms with Crippen LogP contribution in [-0.2, 0) is 4.79 Å². The molecule has 14 heavy (non-hydrogen) atoms. The van der Waals surface area contributed by atoms with Crippen molar-refractivity contribution in [3.8, 4) is 0 Å². The lowest BCUT2D eigenvalue weighted by atomic mass is 10.1. The molecule has 0 bridgehead atoms. The van der Waals surface area contributed by atoms with Crippen LogP contribution < -0.4 is 5.73 Å². The summed E-state index contributed by atoms with van der Waals surface area (Å²) in [5, 5.41) is 0. The van der Waals surface area contributed by atoms with Gasteiger partial charge in [0.05, 0.1) is 6.04 Å². The SMILES string of the molecule is CN(C)C(=O)N1CCCC[C@@H](N)C1=O. The first-order valence-corrected chi connectivity index (χ1v) is 4.82. The first-order valence-electron chi connectivity index (χ1n) is 4.82. The zero-order valence-corrected chi connectivity index (χ0v) is 8.69. The quantitative estimate of drug-likeness (QED) is 0.597. The zero-order chi connectivity index (χ0) is 10.7. The third-order valence-corrected chi connectivity index (χ3v) is 2.34. The van der Waals surface area contributed by atoms with Gasteiger partial charge in [-0.2, -0.15) is 0 Å². The summed E-state index contributed by atoms with van der Waals surface area (Å²) in [4.78, 5) is 25.9. The molecule has 1 rings (SSSR count). The fraction of sp³-hybridized carbons (Fsp3) is 0.778. The number of urea groups is 1. The maximum atomic E-state index is 11.6. The predicted octanol–water partition coefficient (Wildman–Crippen LogP) is 0.00780. The van der Waals surface area contributed by atoms with Crippen molar-refractivity contribution in [1.29, 1.82) is 0 Å². The fourth-order valence-electron chi connectivity index (χ4n) is 1.50. The summed E-state index contributed by atoms with van der Waals surface area (Å²) >= 11 is 0. The number of carbonyl (C=O) groups excluding carboxylic acids is 2. The van der Waals surface area contributed by atoms with E-state index in [9.17, 15) is 9.59 Å². The highest BCUT2D eigenvalue weighted by atomic mass is 16.2. The summed E-state index contributed by atoms with van der Waals surface area (Å²) in [5.74, 6) is -0.249. The second kappa shape index (κ2) is 4.41. The molecule has 0 aromatic heterocycles. The number of hydrogen-bond donors (Lipinski definition) is 1. The van der Waals surface area contributed by atoms with E-state index in [1.165, 1.54) is 9.80 Å². The molecule has 1 saturated heterocycles. The summed E-state index contributed by atoms with van der Waals surface area (Å²) in [7, 11) is 3.26. The highest BCUT2D eigenvalue weighted by Gasteiger charge is 2.29. The van der Waals surface area contributed by atoms with E-state index in [4.69, 9.17) is 5.73 Å². The Bertz CT molecular complexity index is 240. The lowest BCUT2D eigenvalue weighted by Crippen LogP contribution is -2.49. The van der Waals surface area contributed by atoms with Gasteiger partial charge in [0.1, 0.15) is 0 Å². The molecular weight excluding hydrogens is 182 g/mol. The summed E-state index contributed by atoms with van der Waals surface area (Å²) in [5.41, 5.74) is 5.64. The minimum Gasteiger partial charge on any atom is -0.330 e. The highest BCUT2D eigenvalue weighted by Crippen LogP contribution is 2.11. The van der Waals surface area contributed by atoms with Crippen LogP contribution in [0.25, 0.3) is 0 Å². The van der Waals surface area contributed by atoms with Gasteiger partial charge in [-0.25, -0.2) is 4.79 Å². The Hall–Kier alpha value is -1.10. The molecule has 0 aromatic rings. The molecule has 1 atom stereocenters. The second-order valence-electron chi connectivity index (χ2n) is 3.77. The number of hydrogen-bond acceptors (Lipinski definition) is 3. The van der Waals surface area contributed by atoms with Gasteiger partial charge in [-0.15, -0.1) is 0 Å². The Morgan fingerprint density at radius 1 is 1.50 bits per heavy atom. The molecule has 0 saturated carbocycles. The number of nitrogens with two attached hydrogens (primary N) is 1. The normalized spacial score (nSPS) is 23.2. The van der Waals surface area contributed by atoms with Gasteiger partial charge < -0.3 is 10.6 Å². The average molecular weight is 199 g/mol. The molecule has 0 spiro atoms. The molecule has 5 nitrogen and oxygen atoms in total. The summed E-state index contributed by atoms with van der Waals surface area (Å²) in [6.45, 7) is 0.490. The molecule has 1 heterocycles. The standard InChI is InChI=1S/C9H17N3O2/c1-11(2)9(14)12-6-4-3-5-7(10)8(12)13/h7H,3-6,10H2,1-2H3/t7-/m1/s1. The van der Waals surface area contributed by atoms with Crippen LogP contribution in [0.1, 0.15) is 19.3 Å². The Balaban J connectivity index is 2.74. The van der Waals surface area contributed by atoms with E-state index >= 15 is 0 Å². The van der Waals surface area contributed by atoms with Crippen molar-refractivity contribution < 1.29 is 9.59 Å². The van der Waals surface area contributed by atoms with Gasteiger partial charge in [0.25, 0.3) is 0 Å². The smallest absolute Gasteiger partial charge is 0.326 e. The number of carbonyl (C=O) groups is 2. The topological polar surface area (TPSA) is 66.6 Å². The minimum absolute atomic E-state index is 0.249. The van der Waals surface area contributed by atoms with Crippen LogP contribution in [0, 0.1) is 0 Å². The monoisotopic (exact) mass is 199 g/mol. The maximum Gasteiger partial charge on any atom is 0.326 e. The number of nitrogens with zero attached hydrogens (tertiary/aromatic N) is 2.